The Morgan fingerprint density at radius 1 is 1.00 bits per heavy atom. The molecule has 112 valence electrons. The van der Waals surface area contributed by atoms with Gasteiger partial charge in [-0.15, -0.1) is 0 Å². The molecule has 1 nitrogen and oxygen atoms in total. The third-order valence-corrected chi connectivity index (χ3v) is 3.74. The first-order valence-corrected chi connectivity index (χ1v) is 7.15. The Balaban J connectivity index is 1.98. The zero-order chi connectivity index (χ0) is 15.4. The van der Waals surface area contributed by atoms with E-state index in [0.29, 0.717) is 6.54 Å². The highest BCUT2D eigenvalue weighted by molar-refractivity contribution is 5.32. The second kappa shape index (κ2) is 6.81. The molecule has 1 unspecified atom stereocenters. The van der Waals surface area contributed by atoms with Crippen molar-refractivity contribution in [3.63, 3.8) is 0 Å². The molecule has 3 heteroatoms. The van der Waals surface area contributed by atoms with E-state index in [9.17, 15) is 8.78 Å². The highest BCUT2D eigenvalue weighted by atomic mass is 19.3. The van der Waals surface area contributed by atoms with Crippen molar-refractivity contribution in [2.75, 3.05) is 0 Å². The largest absolute Gasteiger partial charge is 0.306 e. The van der Waals surface area contributed by atoms with Crippen LogP contribution < -0.4 is 5.32 Å². The number of nitrogens with one attached hydrogen (secondary N) is 1. The summed E-state index contributed by atoms with van der Waals surface area (Å²) >= 11 is 0. The van der Waals surface area contributed by atoms with Crippen LogP contribution in [0, 0.1) is 13.8 Å². The predicted octanol–water partition coefficient (Wildman–Crippen LogP) is 5.09. The van der Waals surface area contributed by atoms with Gasteiger partial charge >= 0.3 is 0 Å². The smallest absolute Gasteiger partial charge is 0.263 e. The van der Waals surface area contributed by atoms with Crippen LogP contribution in [0.15, 0.2) is 42.5 Å². The summed E-state index contributed by atoms with van der Waals surface area (Å²) in [7, 11) is 0. The Bertz CT molecular complexity index is 591. The average molecular weight is 289 g/mol. The van der Waals surface area contributed by atoms with Gasteiger partial charge in [0.05, 0.1) is 0 Å². The van der Waals surface area contributed by atoms with E-state index in [1.165, 1.54) is 28.8 Å². The molecule has 0 heterocycles. The van der Waals surface area contributed by atoms with Crippen molar-refractivity contribution in [2.24, 2.45) is 0 Å². The molecule has 0 saturated carbocycles. The number of halogens is 2. The monoisotopic (exact) mass is 289 g/mol. The molecule has 0 saturated heterocycles. The summed E-state index contributed by atoms with van der Waals surface area (Å²) in [5, 5.41) is 3.44. The van der Waals surface area contributed by atoms with Crippen LogP contribution in [0.2, 0.25) is 0 Å². The summed E-state index contributed by atoms with van der Waals surface area (Å²) in [5.41, 5.74) is 4.87. The summed E-state index contributed by atoms with van der Waals surface area (Å²) in [6.45, 7) is 6.97. The fourth-order valence-electron chi connectivity index (χ4n) is 2.47. The number of alkyl halides is 2. The average Bonchev–Trinajstić information content (AvgIpc) is 2.45. The van der Waals surface area contributed by atoms with Crippen LogP contribution in [-0.2, 0) is 6.54 Å². The predicted molar refractivity (Wildman–Crippen MR) is 82.6 cm³/mol. The third kappa shape index (κ3) is 4.11. The quantitative estimate of drug-likeness (QED) is 0.808. The van der Waals surface area contributed by atoms with Crippen LogP contribution in [0.25, 0.3) is 0 Å². The van der Waals surface area contributed by atoms with Crippen molar-refractivity contribution < 1.29 is 8.78 Å². The van der Waals surface area contributed by atoms with Gasteiger partial charge < -0.3 is 5.32 Å². The maximum Gasteiger partial charge on any atom is 0.263 e. The molecule has 0 aromatic heterocycles. The summed E-state index contributed by atoms with van der Waals surface area (Å²) < 4.78 is 25.0. The van der Waals surface area contributed by atoms with Gasteiger partial charge in [-0.25, -0.2) is 8.78 Å². The van der Waals surface area contributed by atoms with Crippen LogP contribution in [0.3, 0.4) is 0 Å². The van der Waals surface area contributed by atoms with Gasteiger partial charge in [0.1, 0.15) is 0 Å². The van der Waals surface area contributed by atoms with Crippen molar-refractivity contribution in [3.8, 4) is 0 Å². The Morgan fingerprint density at radius 3 is 2.24 bits per heavy atom. The van der Waals surface area contributed by atoms with E-state index in [1.54, 1.807) is 12.1 Å². The van der Waals surface area contributed by atoms with E-state index in [-0.39, 0.29) is 11.6 Å². The molecule has 0 aliphatic heterocycles. The van der Waals surface area contributed by atoms with Crippen LogP contribution in [0.5, 0.6) is 0 Å². The zero-order valence-corrected chi connectivity index (χ0v) is 12.7. The van der Waals surface area contributed by atoms with Gasteiger partial charge in [-0.3, -0.25) is 0 Å². The first-order chi connectivity index (χ1) is 9.97. The molecule has 2 rings (SSSR count). The minimum atomic E-state index is -2.40. The maximum atomic E-state index is 12.5. The lowest BCUT2D eigenvalue weighted by atomic mass is 10.00. The van der Waals surface area contributed by atoms with Crippen LogP contribution in [0.4, 0.5) is 8.78 Å². The first kappa shape index (κ1) is 15.6. The highest BCUT2D eigenvalue weighted by Crippen LogP contribution is 2.21. The maximum absolute atomic E-state index is 12.5. The number of hydrogen-bond acceptors (Lipinski definition) is 1. The second-order valence-electron chi connectivity index (χ2n) is 5.50. The minimum Gasteiger partial charge on any atom is -0.306 e. The van der Waals surface area contributed by atoms with Crippen LogP contribution in [0.1, 0.15) is 47.2 Å². The molecule has 0 bridgehead atoms. The first-order valence-electron chi connectivity index (χ1n) is 7.15. The van der Waals surface area contributed by atoms with Gasteiger partial charge in [0.2, 0.25) is 0 Å². The van der Waals surface area contributed by atoms with Crippen LogP contribution in [-0.4, -0.2) is 0 Å². The fourth-order valence-corrected chi connectivity index (χ4v) is 2.47. The van der Waals surface area contributed by atoms with Crippen molar-refractivity contribution >= 4 is 0 Å². The van der Waals surface area contributed by atoms with Gasteiger partial charge in [-0.1, -0.05) is 48.0 Å². The van der Waals surface area contributed by atoms with Crippen molar-refractivity contribution in [3.05, 3.63) is 70.3 Å². The molecule has 0 fully saturated rings. The van der Waals surface area contributed by atoms with E-state index in [0.717, 1.165) is 5.56 Å². The number of hydrogen-bond donors (Lipinski definition) is 1. The molecule has 2 aromatic rings. The van der Waals surface area contributed by atoms with Gasteiger partial charge in [-0.05, 0) is 37.5 Å². The normalized spacial score (nSPS) is 12.7. The molecular weight excluding hydrogens is 268 g/mol. The lowest BCUT2D eigenvalue weighted by Crippen LogP contribution is -2.19. The Morgan fingerprint density at radius 2 is 1.67 bits per heavy atom. The van der Waals surface area contributed by atoms with E-state index in [2.05, 4.69) is 44.3 Å². The number of benzene rings is 2. The van der Waals surface area contributed by atoms with Gasteiger partial charge in [0, 0.05) is 18.2 Å². The Hall–Kier alpha value is -1.74. The molecule has 1 N–H and O–H groups in total. The van der Waals surface area contributed by atoms with Crippen molar-refractivity contribution in [2.45, 2.75) is 39.8 Å². The van der Waals surface area contributed by atoms with Crippen molar-refractivity contribution in [1.82, 2.24) is 5.32 Å². The molecule has 0 aliphatic rings. The minimum absolute atomic E-state index is 0.0705. The Labute approximate surface area is 125 Å². The van der Waals surface area contributed by atoms with Crippen LogP contribution >= 0.6 is 0 Å². The molecule has 21 heavy (non-hydrogen) atoms. The van der Waals surface area contributed by atoms with Gasteiger partial charge in [0.25, 0.3) is 6.43 Å². The molecule has 1 atom stereocenters. The topological polar surface area (TPSA) is 12.0 Å². The fraction of sp³-hybridized carbons (Fsp3) is 0.333. The summed E-state index contributed by atoms with van der Waals surface area (Å²) in [6.07, 6.45) is -2.40. The summed E-state index contributed by atoms with van der Waals surface area (Å²) in [4.78, 5) is 0. The molecule has 0 spiro atoms. The summed E-state index contributed by atoms with van der Waals surface area (Å²) in [6, 6.07) is 13.1. The molecule has 0 aliphatic carbocycles. The van der Waals surface area contributed by atoms with Crippen molar-refractivity contribution in [1.29, 1.82) is 0 Å². The Kier molecular flexibility index (Phi) is 5.07. The van der Waals surface area contributed by atoms with E-state index < -0.39 is 6.43 Å². The molecular formula is C18H21F2N. The molecule has 0 radical (unpaired) electrons. The standard InChI is InChI=1S/C18H21F2N/c1-12-4-9-17(13(2)10-12)14(3)21-11-15-5-7-16(8-6-15)18(19)20/h4-10,14,18,21H,11H2,1-3H3. The van der Waals surface area contributed by atoms with Gasteiger partial charge in [-0.2, -0.15) is 0 Å². The lowest BCUT2D eigenvalue weighted by Gasteiger charge is -2.17. The van der Waals surface area contributed by atoms with E-state index >= 15 is 0 Å². The SMILES string of the molecule is Cc1ccc(C(C)NCc2ccc(C(F)F)cc2)c(C)c1. The van der Waals surface area contributed by atoms with E-state index in [4.69, 9.17) is 0 Å². The lowest BCUT2D eigenvalue weighted by molar-refractivity contribution is 0.151. The zero-order valence-electron chi connectivity index (χ0n) is 12.7. The molecule has 2 aromatic carbocycles. The van der Waals surface area contributed by atoms with E-state index in [1.807, 2.05) is 0 Å². The highest BCUT2D eigenvalue weighted by Gasteiger charge is 2.09. The number of aryl methyl sites for hydroxylation is 2. The third-order valence-electron chi connectivity index (χ3n) is 3.74. The second-order valence-corrected chi connectivity index (χ2v) is 5.50. The number of rotatable bonds is 5. The molecule has 0 amide bonds. The summed E-state index contributed by atoms with van der Waals surface area (Å²) in [5.74, 6) is 0. The van der Waals surface area contributed by atoms with Gasteiger partial charge in [0.15, 0.2) is 0 Å².